The van der Waals surface area contributed by atoms with Crippen LogP contribution in [0.2, 0.25) is 0 Å². The monoisotopic (exact) mass is 257 g/mol. The maximum Gasteiger partial charge on any atom is 0.338 e. The van der Waals surface area contributed by atoms with Gasteiger partial charge < -0.3 is 4.74 Å². The molecule has 3 nitrogen and oxygen atoms in total. The molecule has 2 rings (SSSR count). The molecule has 2 aromatic rings. The average molecular weight is 257 g/mol. The number of ether oxygens (including phenoxy) is 1. The van der Waals surface area contributed by atoms with Crippen molar-refractivity contribution in [3.63, 3.8) is 0 Å². The van der Waals surface area contributed by atoms with Gasteiger partial charge in [0.05, 0.1) is 18.4 Å². The largest absolute Gasteiger partial charge is 0.465 e. The number of rotatable bonds is 3. The molecular weight excluding hydrogens is 245 g/mol. The number of halogens is 1. The summed E-state index contributed by atoms with van der Waals surface area (Å²) in [4.78, 5) is 15.6. The molecule has 0 N–H and O–H groups in total. The normalized spacial score (nSPS) is 11.2. The van der Waals surface area contributed by atoms with Crippen LogP contribution in [0, 0.1) is 0 Å². The summed E-state index contributed by atoms with van der Waals surface area (Å²) >= 11 is 0. The highest BCUT2D eigenvalue weighted by molar-refractivity contribution is 5.96. The predicted octanol–water partition coefficient (Wildman–Crippen LogP) is 3.34. The molecule has 0 spiro atoms. The standard InChI is InChI=1S/C15H12FNO2/c1-19-15(18)13-8-3-2-7-12(13)14(16)10-11-6-4-5-9-17-11/h2-10H,1H3/b14-10-. The van der Waals surface area contributed by atoms with Crippen LogP contribution >= 0.6 is 0 Å². The molecule has 0 amide bonds. The zero-order chi connectivity index (χ0) is 13.7. The van der Waals surface area contributed by atoms with Crippen molar-refractivity contribution in [3.8, 4) is 0 Å². The number of nitrogens with zero attached hydrogens (tertiary/aromatic N) is 1. The highest BCUT2D eigenvalue weighted by Gasteiger charge is 2.14. The number of hydrogen-bond acceptors (Lipinski definition) is 3. The third-order valence-electron chi connectivity index (χ3n) is 2.55. The third kappa shape index (κ3) is 3.04. The molecule has 1 aromatic carbocycles. The molecule has 0 radical (unpaired) electrons. The van der Waals surface area contributed by atoms with Gasteiger partial charge in [-0.2, -0.15) is 0 Å². The van der Waals surface area contributed by atoms with Crippen molar-refractivity contribution >= 4 is 17.9 Å². The molecule has 0 aliphatic heterocycles. The maximum atomic E-state index is 14.2. The van der Waals surface area contributed by atoms with Crippen molar-refractivity contribution < 1.29 is 13.9 Å². The van der Waals surface area contributed by atoms with Crippen LogP contribution in [0.15, 0.2) is 48.7 Å². The van der Waals surface area contributed by atoms with Gasteiger partial charge in [0, 0.05) is 17.8 Å². The van der Waals surface area contributed by atoms with Gasteiger partial charge in [-0.25, -0.2) is 9.18 Å². The van der Waals surface area contributed by atoms with E-state index in [4.69, 9.17) is 0 Å². The fraction of sp³-hybridized carbons (Fsp3) is 0.0667. The number of carbonyl (C=O) groups is 1. The van der Waals surface area contributed by atoms with Crippen molar-refractivity contribution in [1.82, 2.24) is 4.98 Å². The summed E-state index contributed by atoms with van der Waals surface area (Å²) in [5.41, 5.74) is 0.870. The van der Waals surface area contributed by atoms with Crippen LogP contribution in [-0.4, -0.2) is 18.1 Å². The molecule has 0 saturated carbocycles. The second-order valence-electron chi connectivity index (χ2n) is 3.78. The Morgan fingerprint density at radius 3 is 2.47 bits per heavy atom. The Kier molecular flexibility index (Phi) is 4.03. The molecule has 0 unspecified atom stereocenters. The van der Waals surface area contributed by atoms with Crippen molar-refractivity contribution in [3.05, 3.63) is 65.5 Å². The zero-order valence-electron chi connectivity index (χ0n) is 10.3. The summed E-state index contributed by atoms with van der Waals surface area (Å²) in [6.45, 7) is 0. The van der Waals surface area contributed by atoms with Gasteiger partial charge >= 0.3 is 5.97 Å². The lowest BCUT2D eigenvalue weighted by atomic mass is 10.1. The Balaban J connectivity index is 2.42. The molecule has 4 heteroatoms. The minimum absolute atomic E-state index is 0.190. The van der Waals surface area contributed by atoms with Crippen LogP contribution in [-0.2, 0) is 4.74 Å². The number of pyridine rings is 1. The van der Waals surface area contributed by atoms with Crippen molar-refractivity contribution in [1.29, 1.82) is 0 Å². The number of esters is 1. The highest BCUT2D eigenvalue weighted by atomic mass is 19.1. The van der Waals surface area contributed by atoms with Gasteiger partial charge in [0.25, 0.3) is 0 Å². The molecule has 19 heavy (non-hydrogen) atoms. The van der Waals surface area contributed by atoms with Gasteiger partial charge in [0.1, 0.15) is 5.83 Å². The first kappa shape index (κ1) is 13.0. The summed E-state index contributed by atoms with van der Waals surface area (Å²) < 4.78 is 18.8. The quantitative estimate of drug-likeness (QED) is 0.792. The minimum Gasteiger partial charge on any atom is -0.465 e. The van der Waals surface area contributed by atoms with Crippen LogP contribution in [0.4, 0.5) is 4.39 Å². The lowest BCUT2D eigenvalue weighted by Gasteiger charge is -2.05. The van der Waals surface area contributed by atoms with Crippen LogP contribution in [0.25, 0.3) is 11.9 Å². The van der Waals surface area contributed by atoms with Gasteiger partial charge in [0.15, 0.2) is 0 Å². The van der Waals surface area contributed by atoms with E-state index >= 15 is 0 Å². The van der Waals surface area contributed by atoms with Crippen LogP contribution < -0.4 is 0 Å². The van der Waals surface area contributed by atoms with Gasteiger partial charge in [0.2, 0.25) is 0 Å². The Hall–Kier alpha value is -2.49. The Bertz CT molecular complexity index is 609. The molecule has 0 aliphatic carbocycles. The Morgan fingerprint density at radius 1 is 1.16 bits per heavy atom. The fourth-order valence-electron chi connectivity index (χ4n) is 1.65. The SMILES string of the molecule is COC(=O)c1ccccc1/C(F)=C/c1ccccn1. The number of methoxy groups -OCH3 is 1. The average Bonchev–Trinajstić information content (AvgIpc) is 2.47. The first-order valence-corrected chi connectivity index (χ1v) is 5.68. The molecule has 0 atom stereocenters. The summed E-state index contributed by atoms with van der Waals surface area (Å²) in [7, 11) is 1.26. The maximum absolute atomic E-state index is 14.2. The lowest BCUT2D eigenvalue weighted by molar-refractivity contribution is 0.0600. The fourth-order valence-corrected chi connectivity index (χ4v) is 1.65. The minimum atomic E-state index is -0.569. The molecule has 0 saturated heterocycles. The summed E-state index contributed by atoms with van der Waals surface area (Å²) in [6.07, 6.45) is 2.85. The van der Waals surface area contributed by atoms with Gasteiger partial charge in [-0.3, -0.25) is 4.98 Å². The van der Waals surface area contributed by atoms with E-state index in [9.17, 15) is 9.18 Å². The van der Waals surface area contributed by atoms with Crippen LogP contribution in [0.5, 0.6) is 0 Å². The second kappa shape index (κ2) is 5.91. The molecule has 1 heterocycles. The molecule has 0 aliphatic rings. The van der Waals surface area contributed by atoms with E-state index in [1.165, 1.54) is 25.3 Å². The molecule has 1 aromatic heterocycles. The number of aromatic nitrogens is 1. The van der Waals surface area contributed by atoms with Crippen LogP contribution in [0.3, 0.4) is 0 Å². The van der Waals surface area contributed by atoms with Gasteiger partial charge in [-0.15, -0.1) is 0 Å². The van der Waals surface area contributed by atoms with E-state index in [-0.39, 0.29) is 11.1 Å². The number of hydrogen-bond donors (Lipinski definition) is 0. The smallest absolute Gasteiger partial charge is 0.338 e. The number of benzene rings is 1. The Labute approximate surface area is 110 Å². The van der Waals surface area contributed by atoms with Gasteiger partial charge in [-0.05, 0) is 18.2 Å². The number of carbonyl (C=O) groups excluding carboxylic acids is 1. The predicted molar refractivity (Wildman–Crippen MR) is 71.0 cm³/mol. The summed E-state index contributed by atoms with van der Waals surface area (Å²) in [5.74, 6) is -1.10. The molecular formula is C15H12FNO2. The summed E-state index contributed by atoms with van der Waals surface area (Å²) in [6, 6.07) is 11.6. The molecule has 96 valence electrons. The topological polar surface area (TPSA) is 39.2 Å². The van der Waals surface area contributed by atoms with E-state index in [2.05, 4.69) is 9.72 Å². The first-order chi connectivity index (χ1) is 9.22. The van der Waals surface area contributed by atoms with Crippen molar-refractivity contribution in [2.45, 2.75) is 0 Å². The molecule has 0 bridgehead atoms. The van der Waals surface area contributed by atoms with Crippen molar-refractivity contribution in [2.75, 3.05) is 7.11 Å². The van der Waals surface area contributed by atoms with Gasteiger partial charge in [-0.1, -0.05) is 24.3 Å². The third-order valence-corrected chi connectivity index (χ3v) is 2.55. The zero-order valence-corrected chi connectivity index (χ0v) is 10.3. The summed E-state index contributed by atoms with van der Waals surface area (Å²) in [5, 5.41) is 0. The second-order valence-corrected chi connectivity index (χ2v) is 3.78. The molecule has 0 fully saturated rings. The van der Waals surface area contributed by atoms with E-state index < -0.39 is 11.8 Å². The van der Waals surface area contributed by atoms with Crippen LogP contribution in [0.1, 0.15) is 21.6 Å². The van der Waals surface area contributed by atoms with E-state index in [1.807, 2.05) is 0 Å². The lowest BCUT2D eigenvalue weighted by Crippen LogP contribution is -2.04. The van der Waals surface area contributed by atoms with Crippen molar-refractivity contribution in [2.24, 2.45) is 0 Å². The van der Waals surface area contributed by atoms with E-state index in [0.29, 0.717) is 5.69 Å². The first-order valence-electron chi connectivity index (χ1n) is 5.68. The highest BCUT2D eigenvalue weighted by Crippen LogP contribution is 2.23. The van der Waals surface area contributed by atoms with E-state index in [1.54, 1.807) is 36.5 Å². The van der Waals surface area contributed by atoms with E-state index in [0.717, 1.165) is 0 Å². The Morgan fingerprint density at radius 2 is 1.84 bits per heavy atom.